The van der Waals surface area contributed by atoms with E-state index in [2.05, 4.69) is 6.92 Å². The van der Waals surface area contributed by atoms with Crippen molar-refractivity contribution in [3.63, 3.8) is 0 Å². The van der Waals surface area contributed by atoms with Crippen LogP contribution in [0.2, 0.25) is 0 Å². The largest absolute Gasteiger partial charge is 0.0654 e. The van der Waals surface area contributed by atoms with E-state index in [1.807, 2.05) is 0 Å². The fourth-order valence-electron chi connectivity index (χ4n) is 6.93. The maximum Gasteiger partial charge on any atom is -0.0414 e. The smallest absolute Gasteiger partial charge is 0.0414 e. The second kappa shape index (κ2) is 31.5. The van der Waals surface area contributed by atoms with E-state index in [-0.39, 0.29) is 0 Å². The molecule has 0 spiro atoms. The number of hydrogen-bond donors (Lipinski definition) is 0. The summed E-state index contributed by atoms with van der Waals surface area (Å²) in [6.45, 7) is 2.31. The third-order valence-corrected chi connectivity index (χ3v) is 9.69. The van der Waals surface area contributed by atoms with E-state index < -0.39 is 0 Å². The van der Waals surface area contributed by atoms with Gasteiger partial charge in [0.1, 0.15) is 0 Å². The first-order valence-electron chi connectivity index (χ1n) is 18.9. The molecule has 1 saturated carbocycles. The Balaban J connectivity index is 1.59. The van der Waals surface area contributed by atoms with E-state index in [9.17, 15) is 0 Å². The van der Waals surface area contributed by atoms with Gasteiger partial charge in [-0.15, -0.1) is 0 Å². The minimum atomic E-state index is 1.11. The number of unbranched alkanes of at least 4 members (excludes halogenated alkanes) is 30. The van der Waals surface area contributed by atoms with Crippen molar-refractivity contribution in [3.8, 4) is 0 Å². The van der Waals surface area contributed by atoms with Gasteiger partial charge in [-0.3, -0.25) is 0 Å². The summed E-state index contributed by atoms with van der Waals surface area (Å²) in [5.74, 6) is 1.11. The lowest BCUT2D eigenvalue weighted by molar-refractivity contribution is 0.459. The van der Waals surface area contributed by atoms with Gasteiger partial charge < -0.3 is 0 Å². The van der Waals surface area contributed by atoms with E-state index in [1.54, 1.807) is 19.3 Å². The highest BCUT2D eigenvalue weighted by Gasteiger charge is 2.13. The number of rotatable bonds is 32. The highest BCUT2D eigenvalue weighted by molar-refractivity contribution is 4.67. The van der Waals surface area contributed by atoms with Crippen LogP contribution in [0.1, 0.15) is 238 Å². The van der Waals surface area contributed by atoms with Crippen LogP contribution in [-0.4, -0.2) is 0 Å². The zero-order valence-corrected chi connectivity index (χ0v) is 27.0. The summed E-state index contributed by atoms with van der Waals surface area (Å²) in [7, 11) is 0. The Morgan fingerprint density at radius 3 is 0.737 bits per heavy atom. The lowest BCUT2D eigenvalue weighted by atomic mass is 9.98. The van der Waals surface area contributed by atoms with Gasteiger partial charge in [0, 0.05) is 0 Å². The SMILES string of the molecule is CCCCCCCCCCCCCCCCCCCCCCCCCCCCCCCCCC1CCCC1. The normalized spacial score (nSPS) is 14.1. The van der Waals surface area contributed by atoms with Crippen LogP contribution < -0.4 is 0 Å². The maximum absolute atomic E-state index is 2.31. The van der Waals surface area contributed by atoms with Gasteiger partial charge in [-0.05, 0) is 5.92 Å². The molecule has 0 amide bonds. The second-order valence-corrected chi connectivity index (χ2v) is 13.5. The lowest BCUT2D eigenvalue weighted by Gasteiger charge is -2.08. The summed E-state index contributed by atoms with van der Waals surface area (Å²) in [5.41, 5.74) is 0. The third kappa shape index (κ3) is 27.6. The molecule has 0 unspecified atom stereocenters. The molecule has 0 saturated heterocycles. The fourth-order valence-corrected chi connectivity index (χ4v) is 6.93. The van der Waals surface area contributed by atoms with E-state index in [1.165, 1.54) is 212 Å². The van der Waals surface area contributed by atoms with Crippen LogP contribution in [0.15, 0.2) is 0 Å². The van der Waals surface area contributed by atoms with Crippen LogP contribution in [0.4, 0.5) is 0 Å². The maximum atomic E-state index is 2.31. The molecular weight excluding hydrogens is 456 g/mol. The molecule has 0 aromatic rings. The van der Waals surface area contributed by atoms with Gasteiger partial charge in [-0.25, -0.2) is 0 Å². The summed E-state index contributed by atoms with van der Waals surface area (Å²) in [6.07, 6.45) is 53.9. The fraction of sp³-hybridized carbons (Fsp3) is 1.00. The zero-order chi connectivity index (χ0) is 27.0. The Morgan fingerprint density at radius 1 is 0.289 bits per heavy atom. The van der Waals surface area contributed by atoms with Gasteiger partial charge in [0.15, 0.2) is 0 Å². The van der Waals surface area contributed by atoms with Crippen molar-refractivity contribution < 1.29 is 0 Å². The first kappa shape index (κ1) is 36.0. The highest BCUT2D eigenvalue weighted by atomic mass is 14.2. The van der Waals surface area contributed by atoms with E-state index >= 15 is 0 Å². The Hall–Kier alpha value is 0. The second-order valence-electron chi connectivity index (χ2n) is 13.5. The van der Waals surface area contributed by atoms with Crippen molar-refractivity contribution in [1.29, 1.82) is 0 Å². The van der Waals surface area contributed by atoms with Crippen LogP contribution in [0, 0.1) is 5.92 Å². The zero-order valence-electron chi connectivity index (χ0n) is 27.0. The summed E-state index contributed by atoms with van der Waals surface area (Å²) >= 11 is 0. The Morgan fingerprint density at radius 2 is 0.500 bits per heavy atom. The van der Waals surface area contributed by atoms with Crippen molar-refractivity contribution in [2.45, 2.75) is 238 Å². The van der Waals surface area contributed by atoms with Gasteiger partial charge in [-0.2, -0.15) is 0 Å². The molecule has 0 bridgehead atoms. The van der Waals surface area contributed by atoms with Gasteiger partial charge >= 0.3 is 0 Å². The molecule has 0 nitrogen and oxygen atoms in total. The predicted octanol–water partition coefficient (Wildman–Crippen LogP) is 14.7. The summed E-state index contributed by atoms with van der Waals surface area (Å²) < 4.78 is 0. The molecule has 1 rings (SSSR count). The molecule has 0 N–H and O–H groups in total. The van der Waals surface area contributed by atoms with Gasteiger partial charge in [0.2, 0.25) is 0 Å². The van der Waals surface area contributed by atoms with E-state index in [0.29, 0.717) is 0 Å². The predicted molar refractivity (Wildman–Crippen MR) is 175 cm³/mol. The summed E-state index contributed by atoms with van der Waals surface area (Å²) in [5, 5.41) is 0. The van der Waals surface area contributed by atoms with E-state index in [0.717, 1.165) is 5.92 Å². The van der Waals surface area contributed by atoms with Gasteiger partial charge in [0.25, 0.3) is 0 Å². The Bertz CT molecular complexity index is 406. The first-order chi connectivity index (χ1) is 18.9. The minimum absolute atomic E-state index is 1.11. The van der Waals surface area contributed by atoms with Crippen molar-refractivity contribution >= 4 is 0 Å². The average Bonchev–Trinajstić information content (AvgIpc) is 3.45. The van der Waals surface area contributed by atoms with Crippen molar-refractivity contribution in [2.24, 2.45) is 5.92 Å². The molecule has 228 valence electrons. The third-order valence-electron chi connectivity index (χ3n) is 9.69. The topological polar surface area (TPSA) is 0 Å². The van der Waals surface area contributed by atoms with Gasteiger partial charge in [-0.1, -0.05) is 238 Å². The van der Waals surface area contributed by atoms with Crippen LogP contribution in [0.3, 0.4) is 0 Å². The Kier molecular flexibility index (Phi) is 29.9. The van der Waals surface area contributed by atoms with E-state index in [4.69, 9.17) is 0 Å². The molecule has 1 fully saturated rings. The van der Waals surface area contributed by atoms with Crippen LogP contribution >= 0.6 is 0 Å². The molecule has 1 aliphatic carbocycles. The minimum Gasteiger partial charge on any atom is -0.0654 e. The molecule has 0 aromatic carbocycles. The van der Waals surface area contributed by atoms with Crippen LogP contribution in [0.5, 0.6) is 0 Å². The quantitative estimate of drug-likeness (QED) is 0.0755. The molecule has 0 radical (unpaired) electrons. The molecule has 1 aliphatic rings. The van der Waals surface area contributed by atoms with Crippen molar-refractivity contribution in [3.05, 3.63) is 0 Å². The molecular formula is C38H76. The van der Waals surface area contributed by atoms with Crippen LogP contribution in [-0.2, 0) is 0 Å². The average molecular weight is 533 g/mol. The highest BCUT2D eigenvalue weighted by Crippen LogP contribution is 2.29. The first-order valence-corrected chi connectivity index (χ1v) is 18.9. The van der Waals surface area contributed by atoms with Gasteiger partial charge in [0.05, 0.1) is 0 Å². The molecule has 0 atom stereocenters. The monoisotopic (exact) mass is 533 g/mol. The van der Waals surface area contributed by atoms with Crippen molar-refractivity contribution in [1.82, 2.24) is 0 Å². The molecule has 0 aromatic heterocycles. The number of hydrogen-bond acceptors (Lipinski definition) is 0. The molecule has 38 heavy (non-hydrogen) atoms. The molecule has 0 heteroatoms. The lowest BCUT2D eigenvalue weighted by Crippen LogP contribution is -1.92. The molecule has 0 heterocycles. The van der Waals surface area contributed by atoms with Crippen LogP contribution in [0.25, 0.3) is 0 Å². The Labute approximate surface area is 243 Å². The summed E-state index contributed by atoms with van der Waals surface area (Å²) in [6, 6.07) is 0. The standard InChI is InChI=1S/C38H76/c1-2-3-4-5-6-7-8-9-10-11-12-13-14-15-16-17-18-19-20-21-22-23-24-25-26-27-28-29-30-31-32-35-38-36-33-34-37-38/h38H,2-37H2,1H3. The summed E-state index contributed by atoms with van der Waals surface area (Å²) in [4.78, 5) is 0. The molecule has 0 aliphatic heterocycles. The van der Waals surface area contributed by atoms with Crippen molar-refractivity contribution in [2.75, 3.05) is 0 Å².